The number of aliphatic imine (C=N–C) groups is 1. The van der Waals surface area contributed by atoms with Gasteiger partial charge in [-0.1, -0.05) is 12.1 Å². The van der Waals surface area contributed by atoms with Crippen LogP contribution in [0.5, 0.6) is 11.5 Å². The minimum Gasteiger partial charge on any atom is -0.493 e. The van der Waals surface area contributed by atoms with Crippen LogP contribution in [0.25, 0.3) is 0 Å². The lowest BCUT2D eigenvalue weighted by molar-refractivity contribution is 0.311. The summed E-state index contributed by atoms with van der Waals surface area (Å²) in [5.74, 6) is 1.94. The monoisotopic (exact) mass is 405 g/mol. The van der Waals surface area contributed by atoms with Gasteiger partial charge in [0.1, 0.15) is 0 Å². The fraction of sp³-hybridized carbons (Fsp3) is 0.350. The Hall–Kier alpha value is -2.74. The van der Waals surface area contributed by atoms with E-state index in [2.05, 4.69) is 15.6 Å². The largest absolute Gasteiger partial charge is 0.493 e. The van der Waals surface area contributed by atoms with Gasteiger partial charge >= 0.3 is 0 Å². The number of hydrogen-bond donors (Lipinski definition) is 2. The molecule has 28 heavy (non-hydrogen) atoms. The molecule has 0 spiro atoms. The van der Waals surface area contributed by atoms with Crippen LogP contribution in [0, 0.1) is 0 Å². The van der Waals surface area contributed by atoms with Crippen LogP contribution in [0.4, 0.5) is 5.69 Å². The maximum absolute atomic E-state index is 11.6. The van der Waals surface area contributed by atoms with Gasteiger partial charge in [0.25, 0.3) is 0 Å². The number of nitrogens with zero attached hydrogens (tertiary/aromatic N) is 1. The van der Waals surface area contributed by atoms with Crippen molar-refractivity contribution in [1.82, 2.24) is 5.32 Å². The lowest BCUT2D eigenvalue weighted by Gasteiger charge is -2.14. The van der Waals surface area contributed by atoms with Crippen molar-refractivity contribution in [1.29, 1.82) is 0 Å². The molecule has 0 aromatic heterocycles. The van der Waals surface area contributed by atoms with Gasteiger partial charge in [0.15, 0.2) is 27.3 Å². The number of rotatable bonds is 8. The van der Waals surface area contributed by atoms with Crippen LogP contribution in [-0.4, -0.2) is 40.9 Å². The molecule has 152 valence electrons. The van der Waals surface area contributed by atoms with E-state index in [1.165, 1.54) is 6.26 Å². The molecule has 2 N–H and O–H groups in total. The second-order valence-electron chi connectivity index (χ2n) is 6.03. The predicted molar refractivity (Wildman–Crippen MR) is 112 cm³/mol. The Morgan fingerprint density at radius 1 is 1.07 bits per heavy atom. The molecule has 2 aromatic carbocycles. The average Bonchev–Trinajstić information content (AvgIpc) is 2.66. The highest BCUT2D eigenvalue weighted by atomic mass is 32.2. The molecule has 0 saturated carbocycles. The molecule has 0 amide bonds. The van der Waals surface area contributed by atoms with Crippen LogP contribution in [0.2, 0.25) is 0 Å². The van der Waals surface area contributed by atoms with Crippen LogP contribution >= 0.6 is 0 Å². The van der Waals surface area contributed by atoms with Crippen LogP contribution in [0.15, 0.2) is 52.4 Å². The molecule has 2 aromatic rings. The predicted octanol–water partition coefficient (Wildman–Crippen LogP) is 3.08. The minimum absolute atomic E-state index is 0.298. The Morgan fingerprint density at radius 3 is 2.36 bits per heavy atom. The van der Waals surface area contributed by atoms with Gasteiger partial charge in [-0.3, -0.25) is 0 Å². The maximum atomic E-state index is 11.6. The van der Waals surface area contributed by atoms with Crippen molar-refractivity contribution in [3.63, 3.8) is 0 Å². The first-order valence-corrected chi connectivity index (χ1v) is 10.9. The number of ether oxygens (including phenoxy) is 2. The molecular weight excluding hydrogens is 378 g/mol. The van der Waals surface area contributed by atoms with E-state index in [1.54, 1.807) is 31.4 Å². The molecule has 0 aliphatic carbocycles. The second-order valence-corrected chi connectivity index (χ2v) is 8.05. The van der Waals surface area contributed by atoms with Gasteiger partial charge in [-0.25, -0.2) is 13.4 Å². The highest BCUT2D eigenvalue weighted by molar-refractivity contribution is 7.90. The quantitative estimate of drug-likeness (QED) is 0.518. The van der Waals surface area contributed by atoms with Gasteiger partial charge < -0.3 is 20.1 Å². The fourth-order valence-corrected chi connectivity index (χ4v) is 3.11. The smallest absolute Gasteiger partial charge is 0.196 e. The Morgan fingerprint density at radius 2 is 1.79 bits per heavy atom. The van der Waals surface area contributed by atoms with Gasteiger partial charge in [-0.15, -0.1) is 0 Å². The third kappa shape index (κ3) is 6.16. The summed E-state index contributed by atoms with van der Waals surface area (Å²) in [5, 5.41) is 6.43. The first-order chi connectivity index (χ1) is 13.4. The van der Waals surface area contributed by atoms with E-state index < -0.39 is 9.84 Å². The molecule has 0 unspecified atom stereocenters. The van der Waals surface area contributed by atoms with Crippen molar-refractivity contribution in [2.24, 2.45) is 4.99 Å². The summed E-state index contributed by atoms with van der Waals surface area (Å²) < 4.78 is 34.0. The van der Waals surface area contributed by atoms with Crippen LogP contribution in [-0.2, 0) is 16.4 Å². The van der Waals surface area contributed by atoms with Crippen LogP contribution < -0.4 is 20.1 Å². The van der Waals surface area contributed by atoms with Gasteiger partial charge in [0.05, 0.1) is 25.2 Å². The van der Waals surface area contributed by atoms with E-state index >= 15 is 0 Å². The average molecular weight is 406 g/mol. The summed E-state index contributed by atoms with van der Waals surface area (Å²) in [4.78, 5) is 4.86. The number of guanidine groups is 1. The number of benzene rings is 2. The van der Waals surface area contributed by atoms with Crippen LogP contribution in [0.1, 0.15) is 19.4 Å². The van der Waals surface area contributed by atoms with Gasteiger partial charge in [0, 0.05) is 24.6 Å². The van der Waals surface area contributed by atoms with Crippen molar-refractivity contribution in [3.05, 3.63) is 48.0 Å². The van der Waals surface area contributed by atoms with E-state index in [9.17, 15) is 8.42 Å². The first-order valence-electron chi connectivity index (χ1n) is 9.02. The highest BCUT2D eigenvalue weighted by Crippen LogP contribution is 2.30. The molecule has 0 aliphatic heterocycles. The topological polar surface area (TPSA) is 89.0 Å². The number of hydrogen-bond acceptors (Lipinski definition) is 5. The normalized spacial score (nSPS) is 11.8. The molecule has 8 heteroatoms. The van der Waals surface area contributed by atoms with Crippen molar-refractivity contribution in [3.8, 4) is 11.5 Å². The third-order valence-electron chi connectivity index (χ3n) is 3.84. The van der Waals surface area contributed by atoms with Crippen molar-refractivity contribution in [2.75, 3.05) is 31.8 Å². The minimum atomic E-state index is -3.20. The Balaban J connectivity index is 2.15. The number of nitrogens with one attached hydrogen (secondary N) is 2. The summed E-state index contributed by atoms with van der Waals surface area (Å²) in [5.41, 5.74) is 1.73. The molecule has 2 rings (SSSR count). The summed E-state index contributed by atoms with van der Waals surface area (Å²) >= 11 is 0. The lowest BCUT2D eigenvalue weighted by Crippen LogP contribution is -2.30. The van der Waals surface area contributed by atoms with Crippen LogP contribution in [0.3, 0.4) is 0 Å². The van der Waals surface area contributed by atoms with Gasteiger partial charge in [0.2, 0.25) is 0 Å². The fourth-order valence-electron chi connectivity index (χ4n) is 2.48. The molecule has 0 saturated heterocycles. The summed E-state index contributed by atoms with van der Waals surface area (Å²) in [7, 11) is -1.59. The molecule has 0 radical (unpaired) electrons. The van der Waals surface area contributed by atoms with E-state index in [1.807, 2.05) is 32.0 Å². The molecule has 7 nitrogen and oxygen atoms in total. The number of methoxy groups -OCH3 is 1. The third-order valence-corrected chi connectivity index (χ3v) is 4.97. The highest BCUT2D eigenvalue weighted by Gasteiger charge is 2.08. The summed E-state index contributed by atoms with van der Waals surface area (Å²) in [6.45, 7) is 5.55. The van der Waals surface area contributed by atoms with Crippen molar-refractivity contribution in [2.45, 2.75) is 25.3 Å². The van der Waals surface area contributed by atoms with Crippen molar-refractivity contribution < 1.29 is 17.9 Å². The van der Waals surface area contributed by atoms with Gasteiger partial charge in [-0.05, 0) is 43.7 Å². The molecule has 0 atom stereocenters. The molecule has 0 fully saturated rings. The number of sulfone groups is 1. The SMILES string of the molecule is CCNC(=NCc1ccc(S(C)(=O)=O)cc1)Nc1ccc(OC)c(OCC)c1. The molecule has 0 bridgehead atoms. The zero-order chi connectivity index (χ0) is 20.6. The Kier molecular flexibility index (Phi) is 7.69. The Bertz CT molecular complexity index is 910. The van der Waals surface area contributed by atoms with Gasteiger partial charge in [-0.2, -0.15) is 0 Å². The molecule has 0 heterocycles. The summed E-state index contributed by atoms with van der Waals surface area (Å²) in [6.07, 6.45) is 1.19. The molecule has 0 aliphatic rings. The standard InChI is InChI=1S/C20H27N3O4S/c1-5-21-20(22-14-15-7-10-17(11-8-15)28(4,24)25)23-16-9-12-18(26-3)19(13-16)27-6-2/h7-13H,5-6,14H2,1-4H3,(H2,21,22,23). The Labute approximate surface area is 166 Å². The first kappa shape index (κ1) is 21.6. The summed E-state index contributed by atoms with van der Waals surface area (Å²) in [6, 6.07) is 12.3. The molecular formula is C20H27N3O4S. The lowest BCUT2D eigenvalue weighted by atomic mass is 10.2. The second kappa shape index (κ2) is 9.98. The van der Waals surface area contributed by atoms with E-state index in [0.717, 1.165) is 11.3 Å². The van der Waals surface area contributed by atoms with E-state index in [-0.39, 0.29) is 0 Å². The van der Waals surface area contributed by atoms with E-state index in [4.69, 9.17) is 9.47 Å². The zero-order valence-electron chi connectivity index (χ0n) is 16.7. The van der Waals surface area contributed by atoms with E-state index in [0.29, 0.717) is 42.1 Å². The maximum Gasteiger partial charge on any atom is 0.196 e. The van der Waals surface area contributed by atoms with Crippen molar-refractivity contribution >= 4 is 21.5 Å². The number of anilines is 1. The zero-order valence-corrected chi connectivity index (χ0v) is 17.5.